The zero-order valence-electron chi connectivity index (χ0n) is 11.3. The van der Waals surface area contributed by atoms with Crippen LogP contribution in [0.4, 0.5) is 0 Å². The van der Waals surface area contributed by atoms with Gasteiger partial charge in [-0.1, -0.05) is 18.9 Å². The minimum atomic E-state index is 0.111. The average Bonchev–Trinajstić information content (AvgIpc) is 2.86. The van der Waals surface area contributed by atoms with Gasteiger partial charge in [0.05, 0.1) is 13.1 Å². The lowest BCUT2D eigenvalue weighted by Gasteiger charge is -2.40. The molecule has 1 aromatic heterocycles. The second-order valence-corrected chi connectivity index (χ2v) is 5.58. The lowest BCUT2D eigenvalue weighted by atomic mass is 10.0. The molecule has 2 aliphatic rings. The molecule has 4 nitrogen and oxygen atoms in total. The van der Waals surface area contributed by atoms with Crippen LogP contribution in [-0.2, 0) is 4.79 Å². The Hall–Kier alpha value is -1.58. The summed E-state index contributed by atoms with van der Waals surface area (Å²) in [6, 6.07) is 5.76. The van der Waals surface area contributed by atoms with Crippen LogP contribution in [0.25, 0.3) is 0 Å². The normalized spacial score (nSPS) is 20.4. The molecule has 4 heteroatoms. The number of aryl methyl sites for hydroxylation is 1. The molecule has 0 unspecified atom stereocenters. The molecule has 2 fully saturated rings. The highest BCUT2D eigenvalue weighted by Crippen LogP contribution is 2.28. The van der Waals surface area contributed by atoms with Crippen molar-refractivity contribution >= 4 is 5.91 Å². The monoisotopic (exact) mass is 260 g/mol. The second kappa shape index (κ2) is 5.19. The summed E-state index contributed by atoms with van der Waals surface area (Å²) in [5.41, 5.74) is 0.954. The Morgan fingerprint density at radius 2 is 2.05 bits per heavy atom. The van der Waals surface area contributed by atoms with E-state index in [1.54, 1.807) is 0 Å². The van der Waals surface area contributed by atoms with Crippen molar-refractivity contribution in [2.24, 2.45) is 5.92 Å². The van der Waals surface area contributed by atoms with E-state index in [4.69, 9.17) is 4.74 Å². The zero-order valence-corrected chi connectivity index (χ0v) is 11.3. The summed E-state index contributed by atoms with van der Waals surface area (Å²) in [4.78, 5) is 18.4. The standard InChI is InChI=1S/C15H20N2O2/c1-11-5-4-8-14(16-11)19-13-9-17(10-13)15(18)12-6-2-3-7-12/h4-5,8,12-13H,2-3,6-7,9-10H2,1H3. The molecule has 0 bridgehead atoms. The molecule has 1 saturated carbocycles. The Morgan fingerprint density at radius 1 is 1.32 bits per heavy atom. The van der Waals surface area contributed by atoms with Gasteiger partial charge >= 0.3 is 0 Å². The van der Waals surface area contributed by atoms with Crippen LogP contribution < -0.4 is 4.74 Å². The van der Waals surface area contributed by atoms with Crippen molar-refractivity contribution in [2.75, 3.05) is 13.1 Å². The van der Waals surface area contributed by atoms with E-state index in [0.29, 0.717) is 24.9 Å². The molecular formula is C15H20N2O2. The average molecular weight is 260 g/mol. The Morgan fingerprint density at radius 3 is 2.74 bits per heavy atom. The van der Waals surface area contributed by atoms with Crippen LogP contribution in [0.5, 0.6) is 5.88 Å². The first-order valence-electron chi connectivity index (χ1n) is 7.11. The molecular weight excluding hydrogens is 240 g/mol. The Balaban J connectivity index is 1.48. The molecule has 0 aromatic carbocycles. The number of hydrogen-bond acceptors (Lipinski definition) is 3. The maximum Gasteiger partial charge on any atom is 0.225 e. The van der Waals surface area contributed by atoms with E-state index in [0.717, 1.165) is 18.5 Å². The van der Waals surface area contributed by atoms with Crippen molar-refractivity contribution in [3.63, 3.8) is 0 Å². The van der Waals surface area contributed by atoms with Crippen molar-refractivity contribution in [1.82, 2.24) is 9.88 Å². The molecule has 19 heavy (non-hydrogen) atoms. The van der Waals surface area contributed by atoms with Gasteiger partial charge in [0.25, 0.3) is 0 Å². The van der Waals surface area contributed by atoms with Gasteiger partial charge in [0.2, 0.25) is 11.8 Å². The summed E-state index contributed by atoms with van der Waals surface area (Å²) in [5, 5.41) is 0. The zero-order chi connectivity index (χ0) is 13.2. The number of likely N-dealkylation sites (tertiary alicyclic amines) is 1. The fourth-order valence-electron chi connectivity index (χ4n) is 2.88. The number of amides is 1. The summed E-state index contributed by atoms with van der Waals surface area (Å²) in [6.45, 7) is 3.37. The molecule has 1 amide bonds. The lowest BCUT2D eigenvalue weighted by Crippen LogP contribution is -2.57. The summed E-state index contributed by atoms with van der Waals surface area (Å²) in [7, 11) is 0. The molecule has 1 aliphatic heterocycles. The third-order valence-electron chi connectivity index (χ3n) is 4.01. The maximum absolute atomic E-state index is 12.1. The second-order valence-electron chi connectivity index (χ2n) is 5.58. The van der Waals surface area contributed by atoms with E-state index in [1.165, 1.54) is 12.8 Å². The van der Waals surface area contributed by atoms with Gasteiger partial charge in [-0.05, 0) is 25.8 Å². The molecule has 0 spiro atoms. The number of pyridine rings is 1. The van der Waals surface area contributed by atoms with E-state index in [9.17, 15) is 4.79 Å². The van der Waals surface area contributed by atoms with Crippen LogP contribution >= 0.6 is 0 Å². The van der Waals surface area contributed by atoms with Gasteiger partial charge in [0.1, 0.15) is 6.10 Å². The summed E-state index contributed by atoms with van der Waals surface area (Å²) >= 11 is 0. The highest BCUT2D eigenvalue weighted by atomic mass is 16.5. The maximum atomic E-state index is 12.1. The van der Waals surface area contributed by atoms with Crippen LogP contribution in [0, 0.1) is 12.8 Å². The molecule has 0 radical (unpaired) electrons. The Labute approximate surface area is 113 Å². The molecule has 1 aliphatic carbocycles. The van der Waals surface area contributed by atoms with Crippen molar-refractivity contribution in [1.29, 1.82) is 0 Å². The smallest absolute Gasteiger partial charge is 0.225 e. The number of aromatic nitrogens is 1. The first kappa shape index (κ1) is 12.5. The number of ether oxygens (including phenoxy) is 1. The van der Waals surface area contributed by atoms with E-state index in [1.807, 2.05) is 30.0 Å². The van der Waals surface area contributed by atoms with E-state index in [-0.39, 0.29) is 12.0 Å². The Kier molecular flexibility index (Phi) is 3.40. The molecule has 0 atom stereocenters. The number of carbonyl (C=O) groups is 1. The minimum Gasteiger partial charge on any atom is -0.471 e. The van der Waals surface area contributed by atoms with Gasteiger partial charge in [0, 0.05) is 17.7 Å². The molecule has 102 valence electrons. The third-order valence-corrected chi connectivity index (χ3v) is 4.01. The van der Waals surface area contributed by atoms with Gasteiger partial charge in [-0.3, -0.25) is 4.79 Å². The summed E-state index contributed by atoms with van der Waals surface area (Å²) < 4.78 is 5.77. The number of rotatable bonds is 3. The van der Waals surface area contributed by atoms with E-state index < -0.39 is 0 Å². The SMILES string of the molecule is Cc1cccc(OC2CN(C(=O)C3CCCC3)C2)n1. The van der Waals surface area contributed by atoms with Gasteiger partial charge in [-0.2, -0.15) is 0 Å². The third kappa shape index (κ3) is 2.72. The highest BCUT2D eigenvalue weighted by molar-refractivity contribution is 5.80. The van der Waals surface area contributed by atoms with Gasteiger partial charge < -0.3 is 9.64 Å². The quantitative estimate of drug-likeness (QED) is 0.836. The van der Waals surface area contributed by atoms with Gasteiger partial charge in [0.15, 0.2) is 0 Å². The minimum absolute atomic E-state index is 0.111. The van der Waals surface area contributed by atoms with Crippen LogP contribution in [-0.4, -0.2) is 35.0 Å². The topological polar surface area (TPSA) is 42.4 Å². The predicted molar refractivity (Wildman–Crippen MR) is 71.9 cm³/mol. The summed E-state index contributed by atoms with van der Waals surface area (Å²) in [5.74, 6) is 1.27. The van der Waals surface area contributed by atoms with Crippen LogP contribution in [0.3, 0.4) is 0 Å². The highest BCUT2D eigenvalue weighted by Gasteiger charge is 2.36. The molecule has 1 saturated heterocycles. The van der Waals surface area contributed by atoms with Crippen molar-refractivity contribution < 1.29 is 9.53 Å². The van der Waals surface area contributed by atoms with E-state index >= 15 is 0 Å². The van der Waals surface area contributed by atoms with Crippen LogP contribution in [0.2, 0.25) is 0 Å². The van der Waals surface area contributed by atoms with Crippen LogP contribution in [0.1, 0.15) is 31.4 Å². The van der Waals surface area contributed by atoms with Crippen LogP contribution in [0.15, 0.2) is 18.2 Å². The fraction of sp³-hybridized carbons (Fsp3) is 0.600. The number of nitrogens with zero attached hydrogens (tertiary/aromatic N) is 2. The Bertz CT molecular complexity index is 463. The van der Waals surface area contributed by atoms with Crippen molar-refractivity contribution in [3.05, 3.63) is 23.9 Å². The molecule has 3 rings (SSSR count). The summed E-state index contributed by atoms with van der Waals surface area (Å²) in [6.07, 6.45) is 4.66. The van der Waals surface area contributed by atoms with Gasteiger partial charge in [-0.15, -0.1) is 0 Å². The number of carbonyl (C=O) groups excluding carboxylic acids is 1. The molecule has 2 heterocycles. The number of hydrogen-bond donors (Lipinski definition) is 0. The fourth-order valence-corrected chi connectivity index (χ4v) is 2.88. The first-order chi connectivity index (χ1) is 9.22. The van der Waals surface area contributed by atoms with Gasteiger partial charge in [-0.25, -0.2) is 4.98 Å². The molecule has 0 N–H and O–H groups in total. The first-order valence-corrected chi connectivity index (χ1v) is 7.11. The molecule has 1 aromatic rings. The largest absolute Gasteiger partial charge is 0.471 e. The predicted octanol–water partition coefficient (Wildman–Crippen LogP) is 2.17. The van der Waals surface area contributed by atoms with Crippen molar-refractivity contribution in [2.45, 2.75) is 38.7 Å². The lowest BCUT2D eigenvalue weighted by molar-refractivity contribution is -0.144. The van der Waals surface area contributed by atoms with E-state index in [2.05, 4.69) is 4.98 Å². The van der Waals surface area contributed by atoms with Crippen molar-refractivity contribution in [3.8, 4) is 5.88 Å².